The molecule has 0 aliphatic rings. The highest BCUT2D eigenvalue weighted by Gasteiger charge is 2.33. The van der Waals surface area contributed by atoms with Gasteiger partial charge in [-0.25, -0.2) is 14.3 Å². The molecule has 0 aliphatic heterocycles. The van der Waals surface area contributed by atoms with Gasteiger partial charge in [-0.1, -0.05) is 0 Å². The van der Waals surface area contributed by atoms with Gasteiger partial charge < -0.3 is 10.4 Å². The molecule has 0 saturated carbocycles. The van der Waals surface area contributed by atoms with Crippen molar-refractivity contribution >= 4 is 16.9 Å². The molecule has 0 aliphatic carbocycles. The SMILES string of the molecule is CNc1nc(=O)n(-c2cnccc2O)c2nc(C(F)(F)F)ccc12. The molecule has 7 nitrogen and oxygen atoms in total. The smallest absolute Gasteiger partial charge is 0.433 e. The zero-order valence-electron chi connectivity index (χ0n) is 12.2. The second kappa shape index (κ2) is 5.48. The van der Waals surface area contributed by atoms with Crippen LogP contribution in [0.2, 0.25) is 0 Å². The summed E-state index contributed by atoms with van der Waals surface area (Å²) < 4.78 is 39.7. The number of aromatic nitrogens is 4. The molecule has 0 fully saturated rings. The van der Waals surface area contributed by atoms with Crippen molar-refractivity contribution < 1.29 is 18.3 Å². The van der Waals surface area contributed by atoms with Gasteiger partial charge in [-0.05, 0) is 12.1 Å². The quantitative estimate of drug-likeness (QED) is 0.742. The average Bonchev–Trinajstić information content (AvgIpc) is 2.54. The van der Waals surface area contributed by atoms with Gasteiger partial charge in [0.05, 0.1) is 11.6 Å². The van der Waals surface area contributed by atoms with E-state index in [0.717, 1.165) is 22.9 Å². The van der Waals surface area contributed by atoms with E-state index in [-0.39, 0.29) is 28.3 Å². The average molecular weight is 337 g/mol. The van der Waals surface area contributed by atoms with Gasteiger partial charge in [-0.15, -0.1) is 0 Å². The molecule has 0 spiro atoms. The molecule has 24 heavy (non-hydrogen) atoms. The lowest BCUT2D eigenvalue weighted by molar-refractivity contribution is -0.141. The van der Waals surface area contributed by atoms with E-state index in [1.807, 2.05) is 0 Å². The molecule has 0 aromatic carbocycles. The van der Waals surface area contributed by atoms with Gasteiger partial charge in [0.1, 0.15) is 22.9 Å². The Balaban J connectivity index is 2.46. The van der Waals surface area contributed by atoms with E-state index in [2.05, 4.69) is 20.3 Å². The first-order chi connectivity index (χ1) is 11.3. The number of rotatable bonds is 2. The lowest BCUT2D eigenvalue weighted by Gasteiger charge is -2.14. The van der Waals surface area contributed by atoms with Crippen molar-refractivity contribution in [2.45, 2.75) is 6.18 Å². The van der Waals surface area contributed by atoms with Crippen LogP contribution in [0.5, 0.6) is 5.75 Å². The predicted molar refractivity (Wildman–Crippen MR) is 79.1 cm³/mol. The number of fused-ring (bicyclic) bond motifs is 1. The first kappa shape index (κ1) is 15.7. The molecule has 0 radical (unpaired) electrons. The second-order valence-corrected chi connectivity index (χ2v) is 4.76. The minimum absolute atomic E-state index is 0.0795. The topological polar surface area (TPSA) is 92.9 Å². The fraction of sp³-hybridized carbons (Fsp3) is 0.143. The Labute approximate surface area is 132 Å². The van der Waals surface area contributed by atoms with Crippen LogP contribution in [0.25, 0.3) is 16.7 Å². The van der Waals surface area contributed by atoms with E-state index < -0.39 is 17.6 Å². The summed E-state index contributed by atoms with van der Waals surface area (Å²) in [4.78, 5) is 23.4. The van der Waals surface area contributed by atoms with Gasteiger partial charge in [-0.3, -0.25) is 4.98 Å². The highest BCUT2D eigenvalue weighted by atomic mass is 19.4. The number of nitrogens with zero attached hydrogens (tertiary/aromatic N) is 4. The number of anilines is 1. The lowest BCUT2D eigenvalue weighted by atomic mass is 10.2. The molecule has 124 valence electrons. The normalized spacial score (nSPS) is 11.7. The highest BCUT2D eigenvalue weighted by molar-refractivity contribution is 5.87. The number of halogens is 3. The Morgan fingerprint density at radius 2 is 1.96 bits per heavy atom. The number of aromatic hydroxyl groups is 1. The first-order valence-electron chi connectivity index (χ1n) is 6.65. The van der Waals surface area contributed by atoms with Crippen LogP contribution in [0, 0.1) is 0 Å². The van der Waals surface area contributed by atoms with E-state index in [0.29, 0.717) is 0 Å². The third-order valence-electron chi connectivity index (χ3n) is 3.29. The maximum Gasteiger partial charge on any atom is 0.433 e. The maximum atomic E-state index is 13.0. The van der Waals surface area contributed by atoms with Crippen LogP contribution in [0.1, 0.15) is 5.69 Å². The Bertz CT molecular complexity index is 984. The van der Waals surface area contributed by atoms with E-state index in [1.54, 1.807) is 0 Å². The van der Waals surface area contributed by atoms with Gasteiger partial charge in [0, 0.05) is 19.3 Å². The zero-order chi connectivity index (χ0) is 17.5. The fourth-order valence-corrected chi connectivity index (χ4v) is 2.22. The molecular formula is C14H10F3N5O2. The van der Waals surface area contributed by atoms with E-state index in [1.165, 1.54) is 19.3 Å². The number of hydrogen-bond acceptors (Lipinski definition) is 6. The van der Waals surface area contributed by atoms with E-state index in [4.69, 9.17) is 0 Å². The summed E-state index contributed by atoms with van der Waals surface area (Å²) in [5.74, 6) is -0.262. The summed E-state index contributed by atoms with van der Waals surface area (Å²) in [5, 5.41) is 12.7. The minimum atomic E-state index is -4.69. The largest absolute Gasteiger partial charge is 0.506 e. The van der Waals surface area contributed by atoms with Crippen LogP contribution < -0.4 is 11.0 Å². The molecule has 0 amide bonds. The van der Waals surface area contributed by atoms with Crippen molar-refractivity contribution in [1.82, 2.24) is 19.5 Å². The molecule has 0 saturated heterocycles. The van der Waals surface area contributed by atoms with Gasteiger partial charge >= 0.3 is 11.9 Å². The van der Waals surface area contributed by atoms with Crippen molar-refractivity contribution in [2.24, 2.45) is 0 Å². The summed E-state index contributed by atoms with van der Waals surface area (Å²) in [6, 6.07) is 3.16. The van der Waals surface area contributed by atoms with Crippen molar-refractivity contribution in [3.8, 4) is 11.4 Å². The molecule has 2 N–H and O–H groups in total. The lowest BCUT2D eigenvalue weighted by Crippen LogP contribution is -2.24. The van der Waals surface area contributed by atoms with Gasteiger partial charge in [0.25, 0.3) is 0 Å². The van der Waals surface area contributed by atoms with E-state index in [9.17, 15) is 23.1 Å². The van der Waals surface area contributed by atoms with E-state index >= 15 is 0 Å². The van der Waals surface area contributed by atoms with Gasteiger partial charge in [0.15, 0.2) is 5.65 Å². The third-order valence-corrected chi connectivity index (χ3v) is 3.29. The molecule has 3 aromatic rings. The monoisotopic (exact) mass is 337 g/mol. The molecule has 0 bridgehead atoms. The van der Waals surface area contributed by atoms with Gasteiger partial charge in [-0.2, -0.15) is 18.2 Å². The highest BCUT2D eigenvalue weighted by Crippen LogP contribution is 2.31. The first-order valence-corrected chi connectivity index (χ1v) is 6.65. The van der Waals surface area contributed by atoms with Crippen LogP contribution in [0.3, 0.4) is 0 Å². The number of hydrogen-bond donors (Lipinski definition) is 2. The number of pyridine rings is 2. The maximum absolute atomic E-state index is 13.0. The summed E-state index contributed by atoms with van der Waals surface area (Å²) in [6.45, 7) is 0. The van der Waals surface area contributed by atoms with Crippen LogP contribution in [-0.2, 0) is 6.18 Å². The molecule has 3 rings (SSSR count). The Kier molecular flexibility index (Phi) is 3.59. The van der Waals surface area contributed by atoms with Crippen LogP contribution >= 0.6 is 0 Å². The van der Waals surface area contributed by atoms with Crippen LogP contribution in [-0.4, -0.2) is 31.7 Å². The van der Waals surface area contributed by atoms with Crippen LogP contribution in [0.15, 0.2) is 35.4 Å². The third kappa shape index (κ3) is 2.51. The van der Waals surface area contributed by atoms with Crippen LogP contribution in [0.4, 0.5) is 19.0 Å². The van der Waals surface area contributed by atoms with Crippen molar-refractivity contribution in [3.63, 3.8) is 0 Å². The zero-order valence-corrected chi connectivity index (χ0v) is 12.2. The summed E-state index contributed by atoms with van der Waals surface area (Å²) in [5.41, 5.74) is -2.48. The standard InChI is InChI=1S/C14H10F3N5O2/c1-18-11-7-2-3-10(14(15,16)17)20-12(7)22(13(24)21-11)8-6-19-5-4-9(8)23/h2-6H,1H3,(H,19,23)(H,18,21,24). The Morgan fingerprint density at radius 1 is 1.21 bits per heavy atom. The summed E-state index contributed by atoms with van der Waals surface area (Å²) in [7, 11) is 1.48. The predicted octanol–water partition coefficient (Wildman–Crippen LogP) is 1.94. The Morgan fingerprint density at radius 3 is 2.58 bits per heavy atom. The Hall–Kier alpha value is -3.17. The molecular weight excluding hydrogens is 327 g/mol. The second-order valence-electron chi connectivity index (χ2n) is 4.76. The molecule has 0 atom stereocenters. The molecule has 10 heteroatoms. The molecule has 3 aromatic heterocycles. The number of nitrogens with one attached hydrogen (secondary N) is 1. The molecule has 3 heterocycles. The van der Waals surface area contributed by atoms with Crippen molar-refractivity contribution in [1.29, 1.82) is 0 Å². The van der Waals surface area contributed by atoms with Crippen molar-refractivity contribution in [2.75, 3.05) is 12.4 Å². The minimum Gasteiger partial charge on any atom is -0.506 e. The fourth-order valence-electron chi connectivity index (χ4n) is 2.22. The van der Waals surface area contributed by atoms with Crippen molar-refractivity contribution in [3.05, 3.63) is 46.8 Å². The summed E-state index contributed by atoms with van der Waals surface area (Å²) >= 11 is 0. The number of alkyl halides is 3. The van der Waals surface area contributed by atoms with Gasteiger partial charge in [0.2, 0.25) is 0 Å². The molecule has 0 unspecified atom stereocenters. The summed E-state index contributed by atoms with van der Waals surface area (Å²) in [6.07, 6.45) is -2.27.